The van der Waals surface area contributed by atoms with Crippen molar-refractivity contribution in [1.82, 2.24) is 0 Å². The largest absolute Gasteiger partial charge is 0.299 e. The van der Waals surface area contributed by atoms with Crippen molar-refractivity contribution in [3.8, 4) is 0 Å². The third-order valence-corrected chi connectivity index (χ3v) is 2.91. The van der Waals surface area contributed by atoms with Crippen molar-refractivity contribution in [1.29, 1.82) is 0 Å². The predicted molar refractivity (Wildman–Crippen MR) is 46.4 cm³/mol. The van der Waals surface area contributed by atoms with Gasteiger partial charge in [0.1, 0.15) is 5.78 Å². The van der Waals surface area contributed by atoms with Gasteiger partial charge in [0.15, 0.2) is 0 Å². The number of Topliss-reactive ketones (excluding diaryl/α,β-unsaturated/α-hetero) is 1. The van der Waals surface area contributed by atoms with Crippen LogP contribution in [0.25, 0.3) is 0 Å². The van der Waals surface area contributed by atoms with E-state index in [1.807, 2.05) is 13.8 Å². The highest BCUT2D eigenvalue weighted by atomic mass is 16.1. The van der Waals surface area contributed by atoms with Crippen molar-refractivity contribution < 1.29 is 4.79 Å². The van der Waals surface area contributed by atoms with Crippen LogP contribution in [0.15, 0.2) is 0 Å². The second-order valence-corrected chi connectivity index (χ2v) is 4.33. The van der Waals surface area contributed by atoms with Gasteiger partial charge in [-0.15, -0.1) is 0 Å². The number of hydrogen-bond acceptors (Lipinski definition) is 1. The first-order valence-electron chi connectivity index (χ1n) is 4.55. The molecule has 0 heterocycles. The Morgan fingerprint density at radius 2 is 1.64 bits per heavy atom. The molecule has 0 N–H and O–H groups in total. The molecule has 0 unspecified atom stereocenters. The summed E-state index contributed by atoms with van der Waals surface area (Å²) in [5.41, 5.74) is 0.0914. The maximum Gasteiger partial charge on any atom is 0.141 e. The number of carbonyl (C=O) groups excluding carboxylic acids is 1. The van der Waals surface area contributed by atoms with Gasteiger partial charge < -0.3 is 0 Å². The quantitative estimate of drug-likeness (QED) is 0.610. The monoisotopic (exact) mass is 154 g/mol. The van der Waals surface area contributed by atoms with Crippen LogP contribution in [0.2, 0.25) is 0 Å². The Labute approximate surface area is 69.2 Å². The predicted octanol–water partition coefficient (Wildman–Crippen LogP) is 2.65. The van der Waals surface area contributed by atoms with E-state index in [4.69, 9.17) is 0 Å². The van der Waals surface area contributed by atoms with Crippen LogP contribution in [0.5, 0.6) is 0 Å². The molecule has 1 heteroatoms. The molecule has 0 atom stereocenters. The molecule has 1 aliphatic rings. The number of ketones is 1. The van der Waals surface area contributed by atoms with E-state index < -0.39 is 0 Å². The van der Waals surface area contributed by atoms with Crippen LogP contribution < -0.4 is 0 Å². The Balaban J connectivity index is 2.66. The first kappa shape index (κ1) is 8.76. The summed E-state index contributed by atoms with van der Waals surface area (Å²) in [5.74, 6) is 1.24. The smallest absolute Gasteiger partial charge is 0.141 e. The summed E-state index contributed by atoms with van der Waals surface area (Å²) in [6.45, 7) is 8.33. The first-order valence-corrected chi connectivity index (χ1v) is 4.55. The van der Waals surface area contributed by atoms with Gasteiger partial charge in [0.2, 0.25) is 0 Å². The van der Waals surface area contributed by atoms with Gasteiger partial charge in [-0.25, -0.2) is 0 Å². The lowest BCUT2D eigenvalue weighted by atomic mass is 9.83. The molecule has 0 bridgehead atoms. The van der Waals surface area contributed by atoms with E-state index in [1.165, 1.54) is 0 Å². The molecule has 1 saturated carbocycles. The van der Waals surface area contributed by atoms with Crippen molar-refractivity contribution in [2.45, 2.75) is 40.5 Å². The third kappa shape index (κ3) is 1.33. The van der Waals surface area contributed by atoms with Gasteiger partial charge in [-0.3, -0.25) is 4.79 Å². The molecule has 64 valence electrons. The summed E-state index contributed by atoms with van der Waals surface area (Å²) >= 11 is 0. The van der Waals surface area contributed by atoms with E-state index in [0.29, 0.717) is 11.7 Å². The van der Waals surface area contributed by atoms with Crippen molar-refractivity contribution in [3.05, 3.63) is 0 Å². The summed E-state index contributed by atoms with van der Waals surface area (Å²) < 4.78 is 0. The van der Waals surface area contributed by atoms with Crippen LogP contribution in [-0.2, 0) is 4.79 Å². The topological polar surface area (TPSA) is 17.1 Å². The van der Waals surface area contributed by atoms with Gasteiger partial charge in [0.05, 0.1) is 0 Å². The minimum atomic E-state index is 0.0914. The molecule has 0 aliphatic heterocycles. The standard InChI is InChI=1S/C10H18O/c1-7(2)9(11)10(5-6-10)8(3)4/h7-8H,5-6H2,1-4H3. The molecule has 1 nitrogen and oxygen atoms in total. The highest BCUT2D eigenvalue weighted by Gasteiger charge is 2.51. The fourth-order valence-electron chi connectivity index (χ4n) is 1.82. The SMILES string of the molecule is CC(C)C(=O)C1(C(C)C)CC1. The summed E-state index contributed by atoms with van der Waals surface area (Å²) in [5, 5.41) is 0. The van der Waals surface area contributed by atoms with Crippen LogP contribution in [0, 0.1) is 17.3 Å². The second kappa shape index (κ2) is 2.62. The van der Waals surface area contributed by atoms with Crippen molar-refractivity contribution in [3.63, 3.8) is 0 Å². The molecule has 1 rings (SSSR count). The molecule has 0 radical (unpaired) electrons. The molecular weight excluding hydrogens is 136 g/mol. The second-order valence-electron chi connectivity index (χ2n) is 4.33. The molecule has 0 saturated heterocycles. The lowest BCUT2D eigenvalue weighted by Crippen LogP contribution is -2.25. The van der Waals surface area contributed by atoms with Crippen LogP contribution in [-0.4, -0.2) is 5.78 Å². The van der Waals surface area contributed by atoms with Gasteiger partial charge in [0.25, 0.3) is 0 Å². The highest BCUT2D eigenvalue weighted by molar-refractivity contribution is 5.89. The average molecular weight is 154 g/mol. The Hall–Kier alpha value is -0.330. The maximum absolute atomic E-state index is 11.7. The number of carbonyl (C=O) groups is 1. The third-order valence-electron chi connectivity index (χ3n) is 2.91. The molecule has 0 amide bonds. The Bertz CT molecular complexity index is 164. The number of hydrogen-bond donors (Lipinski definition) is 0. The van der Waals surface area contributed by atoms with E-state index in [0.717, 1.165) is 12.8 Å². The summed E-state index contributed by atoms with van der Waals surface area (Å²) in [4.78, 5) is 11.7. The van der Waals surface area contributed by atoms with Crippen LogP contribution in [0.4, 0.5) is 0 Å². The first-order chi connectivity index (χ1) is 5.00. The molecule has 0 aromatic heterocycles. The van der Waals surface area contributed by atoms with Crippen LogP contribution >= 0.6 is 0 Å². The Morgan fingerprint density at radius 3 is 1.73 bits per heavy atom. The van der Waals surface area contributed by atoms with Crippen LogP contribution in [0.1, 0.15) is 40.5 Å². The summed E-state index contributed by atoms with van der Waals surface area (Å²) in [7, 11) is 0. The van der Waals surface area contributed by atoms with Gasteiger partial charge in [-0.05, 0) is 18.8 Å². The average Bonchev–Trinajstić information content (AvgIpc) is 2.65. The van der Waals surface area contributed by atoms with E-state index in [9.17, 15) is 4.79 Å². The van der Waals surface area contributed by atoms with Gasteiger partial charge in [0, 0.05) is 11.3 Å². The molecule has 0 aromatic carbocycles. The maximum atomic E-state index is 11.7. The van der Waals surface area contributed by atoms with Crippen molar-refractivity contribution in [2.24, 2.45) is 17.3 Å². The minimum Gasteiger partial charge on any atom is -0.299 e. The zero-order valence-corrected chi connectivity index (χ0v) is 7.98. The Kier molecular flexibility index (Phi) is 2.08. The Morgan fingerprint density at radius 1 is 1.18 bits per heavy atom. The van der Waals surface area contributed by atoms with Crippen molar-refractivity contribution in [2.75, 3.05) is 0 Å². The lowest BCUT2D eigenvalue weighted by molar-refractivity contribution is -0.128. The summed E-state index contributed by atoms with van der Waals surface area (Å²) in [6.07, 6.45) is 2.25. The molecule has 0 aromatic rings. The lowest BCUT2D eigenvalue weighted by Gasteiger charge is -2.19. The van der Waals surface area contributed by atoms with Gasteiger partial charge in [-0.1, -0.05) is 27.7 Å². The minimum absolute atomic E-state index is 0.0914. The van der Waals surface area contributed by atoms with Gasteiger partial charge in [-0.2, -0.15) is 0 Å². The van der Waals surface area contributed by atoms with E-state index in [2.05, 4.69) is 13.8 Å². The van der Waals surface area contributed by atoms with Crippen molar-refractivity contribution >= 4 is 5.78 Å². The molecule has 1 fully saturated rings. The zero-order valence-electron chi connectivity index (χ0n) is 7.98. The van der Waals surface area contributed by atoms with E-state index in [-0.39, 0.29) is 11.3 Å². The van der Waals surface area contributed by atoms with E-state index >= 15 is 0 Å². The number of rotatable bonds is 3. The summed E-state index contributed by atoms with van der Waals surface area (Å²) in [6, 6.07) is 0. The normalized spacial score (nSPS) is 20.9. The zero-order chi connectivity index (χ0) is 8.65. The molecule has 11 heavy (non-hydrogen) atoms. The highest BCUT2D eigenvalue weighted by Crippen LogP contribution is 2.53. The fraction of sp³-hybridized carbons (Fsp3) is 0.900. The fourth-order valence-corrected chi connectivity index (χ4v) is 1.82. The van der Waals surface area contributed by atoms with E-state index in [1.54, 1.807) is 0 Å². The molecule has 0 spiro atoms. The molecular formula is C10H18O. The van der Waals surface area contributed by atoms with Crippen LogP contribution in [0.3, 0.4) is 0 Å². The molecule has 1 aliphatic carbocycles. The van der Waals surface area contributed by atoms with Gasteiger partial charge >= 0.3 is 0 Å².